The quantitative estimate of drug-likeness (QED) is 0.514. The molecular weight excluding hydrogens is 260 g/mol. The Bertz CT molecular complexity index is 6.85. The minimum absolute atomic E-state index is 0. The minimum atomic E-state index is 0. The van der Waals surface area contributed by atoms with Gasteiger partial charge in [0.15, 0.2) is 0 Å². The van der Waals surface area contributed by atoms with Crippen molar-refractivity contribution in [2.45, 2.75) is 0 Å². The van der Waals surface area contributed by atoms with E-state index in [1.807, 2.05) is 0 Å². The van der Waals surface area contributed by atoms with Gasteiger partial charge in [-0.3, -0.25) is 0 Å². The zero-order valence-electron chi connectivity index (χ0n) is 2.13. The second-order valence-electron chi connectivity index (χ2n) is 0. The third-order valence-electron chi connectivity index (χ3n) is 0. The van der Waals surface area contributed by atoms with Gasteiger partial charge in [-0.25, -0.2) is 0 Å². The number of hydrogen-bond donors (Lipinski definition) is 0. The van der Waals surface area contributed by atoms with Crippen LogP contribution < -0.4 is 0 Å². The molecule has 0 N–H and O–H groups in total. The van der Waals surface area contributed by atoms with E-state index in [4.69, 9.17) is 0 Å². The number of rotatable bonds is 0. The molecule has 0 unspecified atom stereocenters. The van der Waals surface area contributed by atoms with Gasteiger partial charge in [0.1, 0.15) is 0 Å². The fourth-order valence-corrected chi connectivity index (χ4v) is 0. The molecule has 0 rings (SSSR count). The Morgan fingerprint density at radius 1 is 0.600 bits per heavy atom. The second-order valence-corrected chi connectivity index (χ2v) is 0. The summed E-state index contributed by atoms with van der Waals surface area (Å²) in [5.74, 6) is 0. The molecule has 0 aromatic carbocycles. The summed E-state index contributed by atoms with van der Waals surface area (Å²) in [6, 6.07) is 0. The number of hydrogen-bond acceptors (Lipinski definition) is 0. The van der Waals surface area contributed by atoms with Crippen molar-refractivity contribution in [3.63, 3.8) is 0 Å². The smallest absolute Gasteiger partial charge is 2.00 e. The molecule has 0 aromatic heterocycles. The Kier molecular flexibility index (Phi) is 4780. The van der Waals surface area contributed by atoms with E-state index in [0.717, 1.165) is 0 Å². The van der Waals surface area contributed by atoms with E-state index in [-0.39, 0.29) is 48.5 Å². The first-order valence-electron chi connectivity index (χ1n) is 0. The van der Waals surface area contributed by atoms with Crippen LogP contribution in [0.25, 0.3) is 0 Å². The molecule has 0 aliphatic rings. The van der Waals surface area contributed by atoms with E-state index in [2.05, 4.69) is 0 Å². The van der Waals surface area contributed by atoms with Gasteiger partial charge in [0.25, 0.3) is 0 Å². The molecule has 3 nitrogen and oxygen atoms in total. The summed E-state index contributed by atoms with van der Waals surface area (Å²) < 4.78 is 0. The first-order valence-corrected chi connectivity index (χ1v) is 0. The molecule has 0 aliphatic carbocycles. The van der Waals surface area contributed by atoms with Crippen LogP contribution in [0.1, 0.15) is 0 Å². The molecule has 0 heterocycles. The molecule has 0 aromatic rings. The maximum Gasteiger partial charge on any atom is 6.00 e. The maximum atomic E-state index is 0. The largest absolute Gasteiger partial charge is 6.00 e. The molecule has 0 bridgehead atoms. The van der Waals surface area contributed by atoms with Crippen molar-refractivity contribution in [3.05, 3.63) is 0 Å². The van der Waals surface area contributed by atoms with Crippen molar-refractivity contribution >= 4 is 11.0 Å². The van der Waals surface area contributed by atoms with E-state index in [1.165, 1.54) is 0 Å². The van der Waals surface area contributed by atoms with Crippen LogP contribution >= 0.6 is 0 Å². The van der Waals surface area contributed by atoms with Gasteiger partial charge in [-0.05, 0) is 0 Å². The van der Waals surface area contributed by atoms with Gasteiger partial charge in [-0.15, -0.1) is 0 Å². The van der Waals surface area contributed by atoms with Crippen LogP contribution in [-0.4, -0.2) is 11.0 Å². The van der Waals surface area contributed by atoms with E-state index in [0.29, 0.717) is 0 Å². The Morgan fingerprint density at radius 3 is 0.600 bits per heavy atom. The van der Waals surface area contributed by atoms with Crippen LogP contribution in [0.4, 0.5) is 0 Å². The SMILES string of the molecule is [O-2].[O-2].[O-2].[Si].[W+6]. The van der Waals surface area contributed by atoms with E-state index in [9.17, 15) is 0 Å². The van der Waals surface area contributed by atoms with Crippen molar-refractivity contribution in [2.75, 3.05) is 0 Å². The first-order chi connectivity index (χ1) is 0. The van der Waals surface area contributed by atoms with Gasteiger partial charge in [-0.2, -0.15) is 0 Å². The van der Waals surface area contributed by atoms with Gasteiger partial charge in [-0.1, -0.05) is 0 Å². The Morgan fingerprint density at radius 2 is 0.600 bits per heavy atom. The fraction of sp³-hybridized carbons (Fsp3) is 0. The first kappa shape index (κ1) is 215. The average Bonchev–Trinajstić information content (AvgIpc) is 0. The van der Waals surface area contributed by atoms with Crippen LogP contribution in [0.3, 0.4) is 0 Å². The van der Waals surface area contributed by atoms with E-state index >= 15 is 0 Å². The monoisotopic (exact) mass is 260 g/mol. The van der Waals surface area contributed by atoms with Gasteiger partial charge >= 0.3 is 21.1 Å². The molecule has 0 saturated carbocycles. The van der Waals surface area contributed by atoms with Crippen molar-refractivity contribution in [1.29, 1.82) is 0 Å². The van der Waals surface area contributed by atoms with Crippen molar-refractivity contribution in [1.82, 2.24) is 0 Å². The fourth-order valence-electron chi connectivity index (χ4n) is 0. The molecule has 0 aliphatic heterocycles. The summed E-state index contributed by atoms with van der Waals surface area (Å²) in [6.45, 7) is 0. The summed E-state index contributed by atoms with van der Waals surface area (Å²) in [4.78, 5) is 0. The van der Waals surface area contributed by atoms with Gasteiger partial charge in [0.2, 0.25) is 0 Å². The van der Waals surface area contributed by atoms with Crippen molar-refractivity contribution in [3.8, 4) is 0 Å². The zero-order chi connectivity index (χ0) is 0. The third-order valence-corrected chi connectivity index (χ3v) is 0. The van der Waals surface area contributed by atoms with Crippen molar-refractivity contribution in [2.24, 2.45) is 0 Å². The molecule has 0 atom stereocenters. The van der Waals surface area contributed by atoms with Gasteiger partial charge in [0.05, 0.1) is 0 Å². The molecule has 5 heteroatoms. The van der Waals surface area contributed by atoms with Gasteiger partial charge < -0.3 is 16.4 Å². The second kappa shape index (κ2) is 111. The summed E-state index contributed by atoms with van der Waals surface area (Å²) >= 11 is 0. The minimum Gasteiger partial charge on any atom is -2.00 e. The molecular formula is O3SiW. The average molecular weight is 260 g/mol. The molecule has 0 spiro atoms. The van der Waals surface area contributed by atoms with Crippen LogP contribution in [0.5, 0.6) is 0 Å². The predicted octanol–water partition coefficient (Wildman–Crippen LogP) is -0.740. The summed E-state index contributed by atoms with van der Waals surface area (Å²) in [5, 5.41) is 0. The molecule has 5 heavy (non-hydrogen) atoms. The Hall–Kier alpha value is 0.785. The summed E-state index contributed by atoms with van der Waals surface area (Å²) in [7, 11) is 0. The predicted molar refractivity (Wildman–Crippen MR) is 7.81 cm³/mol. The molecule has 4 radical (unpaired) electrons. The molecule has 0 amide bonds. The molecule has 0 fully saturated rings. The standard InChI is InChI=1S/3O.Si.W/q3*-2;;+6. The van der Waals surface area contributed by atoms with E-state index < -0.39 is 0 Å². The topological polar surface area (TPSA) is 85.5 Å². The van der Waals surface area contributed by atoms with Gasteiger partial charge in [0, 0.05) is 11.0 Å². The summed E-state index contributed by atoms with van der Waals surface area (Å²) in [6.07, 6.45) is 0. The van der Waals surface area contributed by atoms with Crippen molar-refractivity contribution < 1.29 is 37.5 Å². The Balaban J connectivity index is 0. The van der Waals surface area contributed by atoms with Crippen LogP contribution in [0.2, 0.25) is 0 Å². The zero-order valence-corrected chi connectivity index (χ0v) is 6.07. The van der Waals surface area contributed by atoms with Crippen LogP contribution in [0.15, 0.2) is 0 Å². The summed E-state index contributed by atoms with van der Waals surface area (Å²) in [5.41, 5.74) is 0. The molecule has 28 valence electrons. The normalized spacial score (nSPS) is 0. The maximum absolute atomic E-state index is 0. The van der Waals surface area contributed by atoms with Crippen LogP contribution in [0, 0.1) is 0 Å². The molecule has 0 saturated heterocycles. The Labute approximate surface area is 49.0 Å². The third kappa shape index (κ3) is 60.2. The van der Waals surface area contributed by atoms with Crippen LogP contribution in [-0.2, 0) is 37.5 Å². The van der Waals surface area contributed by atoms with E-state index in [1.54, 1.807) is 0 Å².